The Kier molecular flexibility index (Phi) is 5.35. The van der Waals surface area contributed by atoms with Crippen molar-refractivity contribution in [3.05, 3.63) is 65.2 Å². The van der Waals surface area contributed by atoms with Crippen LogP contribution >= 0.6 is 0 Å². The van der Waals surface area contributed by atoms with Crippen molar-refractivity contribution in [1.82, 2.24) is 5.01 Å². The van der Waals surface area contributed by atoms with Crippen LogP contribution in [0.1, 0.15) is 29.8 Å². The van der Waals surface area contributed by atoms with Gasteiger partial charge in [0.05, 0.1) is 18.4 Å². The standard InChI is InChI=1S/C21H19N3O4/c1-13-19(12-15-4-10-18(28-3)11-5-15)21(27)24(23-13)20(26)16-6-8-17(9-7-16)22-14(2)25/h4-12H,1-3H3,(H,22,25)/b19-12-. The second-order valence-corrected chi connectivity index (χ2v) is 6.20. The lowest BCUT2D eigenvalue weighted by Crippen LogP contribution is -2.29. The number of carbonyl (C=O) groups excluding carboxylic acids is 3. The smallest absolute Gasteiger partial charge is 0.283 e. The van der Waals surface area contributed by atoms with Gasteiger partial charge >= 0.3 is 0 Å². The molecule has 1 aliphatic rings. The highest BCUT2D eigenvalue weighted by Crippen LogP contribution is 2.22. The summed E-state index contributed by atoms with van der Waals surface area (Å²) in [6, 6.07) is 13.5. The topological polar surface area (TPSA) is 88.1 Å². The average molecular weight is 377 g/mol. The molecule has 0 bridgehead atoms. The molecule has 3 rings (SSSR count). The third-order valence-electron chi connectivity index (χ3n) is 4.13. The normalized spacial score (nSPS) is 14.8. The third-order valence-corrected chi connectivity index (χ3v) is 4.13. The molecule has 3 amide bonds. The molecular formula is C21H19N3O4. The fourth-order valence-electron chi connectivity index (χ4n) is 2.71. The minimum atomic E-state index is -0.531. The van der Waals surface area contributed by atoms with Gasteiger partial charge in [-0.15, -0.1) is 0 Å². The minimum absolute atomic E-state index is 0.206. The average Bonchev–Trinajstić information content (AvgIpc) is 2.96. The Hall–Kier alpha value is -3.74. The monoisotopic (exact) mass is 377 g/mol. The molecule has 2 aromatic carbocycles. The van der Waals surface area contributed by atoms with E-state index in [9.17, 15) is 14.4 Å². The van der Waals surface area contributed by atoms with Crippen LogP contribution in [-0.2, 0) is 9.59 Å². The molecule has 7 heteroatoms. The molecule has 0 fully saturated rings. The molecule has 1 heterocycles. The Morgan fingerprint density at radius 1 is 1.07 bits per heavy atom. The van der Waals surface area contributed by atoms with Gasteiger partial charge in [0.15, 0.2) is 0 Å². The first-order valence-electron chi connectivity index (χ1n) is 8.57. The summed E-state index contributed by atoms with van der Waals surface area (Å²) in [6.45, 7) is 3.08. The molecule has 7 nitrogen and oxygen atoms in total. The lowest BCUT2D eigenvalue weighted by atomic mass is 10.1. The van der Waals surface area contributed by atoms with Gasteiger partial charge in [0, 0.05) is 18.2 Å². The molecule has 0 saturated carbocycles. The summed E-state index contributed by atoms with van der Waals surface area (Å²) in [7, 11) is 1.58. The zero-order valence-electron chi connectivity index (χ0n) is 15.7. The van der Waals surface area contributed by atoms with Crippen molar-refractivity contribution in [2.24, 2.45) is 5.10 Å². The van der Waals surface area contributed by atoms with Crippen molar-refractivity contribution in [1.29, 1.82) is 0 Å². The van der Waals surface area contributed by atoms with Crippen molar-refractivity contribution in [2.75, 3.05) is 12.4 Å². The second kappa shape index (κ2) is 7.87. The molecular weight excluding hydrogens is 358 g/mol. The van der Waals surface area contributed by atoms with Gasteiger partial charge < -0.3 is 10.1 Å². The maximum Gasteiger partial charge on any atom is 0.283 e. The Morgan fingerprint density at radius 3 is 2.29 bits per heavy atom. The number of hydrazone groups is 1. The van der Waals surface area contributed by atoms with Gasteiger partial charge in [0.1, 0.15) is 5.75 Å². The van der Waals surface area contributed by atoms with E-state index >= 15 is 0 Å². The van der Waals surface area contributed by atoms with Crippen molar-refractivity contribution in [3.63, 3.8) is 0 Å². The number of amides is 3. The number of hydrogen-bond acceptors (Lipinski definition) is 5. The van der Waals surface area contributed by atoms with Crippen LogP contribution in [0.2, 0.25) is 0 Å². The van der Waals surface area contributed by atoms with E-state index in [0.717, 1.165) is 10.6 Å². The number of hydrogen-bond donors (Lipinski definition) is 1. The van der Waals surface area contributed by atoms with Gasteiger partial charge in [0.2, 0.25) is 5.91 Å². The fourth-order valence-corrected chi connectivity index (χ4v) is 2.71. The molecule has 2 aromatic rings. The summed E-state index contributed by atoms with van der Waals surface area (Å²) < 4.78 is 5.12. The largest absolute Gasteiger partial charge is 0.497 e. The summed E-state index contributed by atoms with van der Waals surface area (Å²) in [5, 5.41) is 7.60. The van der Waals surface area contributed by atoms with Gasteiger partial charge in [-0.3, -0.25) is 14.4 Å². The van der Waals surface area contributed by atoms with E-state index in [1.807, 2.05) is 12.1 Å². The molecule has 0 unspecified atom stereocenters. The quantitative estimate of drug-likeness (QED) is 0.655. The Balaban J connectivity index is 1.80. The van der Waals surface area contributed by atoms with Crippen LogP contribution in [0, 0.1) is 0 Å². The number of nitrogens with zero attached hydrogens (tertiary/aromatic N) is 2. The Bertz CT molecular complexity index is 989. The number of imide groups is 1. The summed E-state index contributed by atoms with van der Waals surface area (Å²) >= 11 is 0. The van der Waals surface area contributed by atoms with E-state index in [2.05, 4.69) is 10.4 Å². The maximum absolute atomic E-state index is 12.7. The number of ether oxygens (including phenoxy) is 1. The molecule has 0 atom stereocenters. The number of carbonyl (C=O) groups is 3. The Labute approximate surface area is 162 Å². The highest BCUT2D eigenvalue weighted by molar-refractivity contribution is 6.30. The number of rotatable bonds is 4. The molecule has 0 saturated heterocycles. The summed E-state index contributed by atoms with van der Waals surface area (Å²) in [5.41, 5.74) is 2.48. The van der Waals surface area contributed by atoms with Crippen molar-refractivity contribution in [2.45, 2.75) is 13.8 Å². The first kappa shape index (κ1) is 19.0. The van der Waals surface area contributed by atoms with E-state index in [0.29, 0.717) is 28.3 Å². The molecule has 1 N–H and O–H groups in total. The van der Waals surface area contributed by atoms with E-state index in [1.54, 1.807) is 44.4 Å². The minimum Gasteiger partial charge on any atom is -0.497 e. The summed E-state index contributed by atoms with van der Waals surface area (Å²) in [4.78, 5) is 36.5. The molecule has 0 aliphatic carbocycles. The SMILES string of the molecule is COc1ccc(/C=C2\C(=O)N(C(=O)c3ccc(NC(C)=O)cc3)N=C2C)cc1. The summed E-state index contributed by atoms with van der Waals surface area (Å²) in [5.74, 6) is -0.506. The molecule has 142 valence electrons. The van der Waals surface area contributed by atoms with Gasteiger partial charge in [-0.1, -0.05) is 12.1 Å². The summed E-state index contributed by atoms with van der Waals surface area (Å²) in [6.07, 6.45) is 1.69. The number of nitrogens with one attached hydrogen (secondary N) is 1. The van der Waals surface area contributed by atoms with Gasteiger partial charge in [0.25, 0.3) is 11.8 Å². The number of methoxy groups -OCH3 is 1. The molecule has 28 heavy (non-hydrogen) atoms. The highest BCUT2D eigenvalue weighted by atomic mass is 16.5. The van der Waals surface area contributed by atoms with Gasteiger partial charge in [-0.05, 0) is 55.0 Å². The lowest BCUT2D eigenvalue weighted by molar-refractivity contribution is -0.123. The molecule has 0 aromatic heterocycles. The van der Waals surface area contributed by atoms with E-state index in [-0.39, 0.29) is 5.91 Å². The lowest BCUT2D eigenvalue weighted by Gasteiger charge is -2.10. The predicted molar refractivity (Wildman–Crippen MR) is 106 cm³/mol. The zero-order chi connectivity index (χ0) is 20.3. The van der Waals surface area contributed by atoms with Gasteiger partial charge in [-0.25, -0.2) is 0 Å². The van der Waals surface area contributed by atoms with Crippen LogP contribution in [0.25, 0.3) is 6.08 Å². The van der Waals surface area contributed by atoms with Crippen LogP contribution in [0.5, 0.6) is 5.75 Å². The van der Waals surface area contributed by atoms with Crippen molar-refractivity contribution < 1.29 is 19.1 Å². The molecule has 1 aliphatic heterocycles. The molecule has 0 radical (unpaired) electrons. The second-order valence-electron chi connectivity index (χ2n) is 6.20. The first-order chi connectivity index (χ1) is 13.4. The first-order valence-corrected chi connectivity index (χ1v) is 8.57. The third kappa shape index (κ3) is 3.98. The van der Waals surface area contributed by atoms with Crippen molar-refractivity contribution >= 4 is 35.2 Å². The maximum atomic E-state index is 12.7. The van der Waals surface area contributed by atoms with Crippen molar-refractivity contribution in [3.8, 4) is 5.75 Å². The van der Waals surface area contributed by atoms with E-state index < -0.39 is 11.8 Å². The van der Waals surface area contributed by atoms with Crippen LogP contribution < -0.4 is 10.1 Å². The highest BCUT2D eigenvalue weighted by Gasteiger charge is 2.32. The Morgan fingerprint density at radius 2 is 1.71 bits per heavy atom. The van der Waals surface area contributed by atoms with E-state index in [1.165, 1.54) is 19.1 Å². The van der Waals surface area contributed by atoms with Crippen LogP contribution in [-0.4, -0.2) is 35.6 Å². The van der Waals surface area contributed by atoms with E-state index in [4.69, 9.17) is 4.74 Å². The fraction of sp³-hybridized carbons (Fsp3) is 0.143. The van der Waals surface area contributed by atoms with Crippen LogP contribution in [0.3, 0.4) is 0 Å². The van der Waals surface area contributed by atoms with Gasteiger partial charge in [-0.2, -0.15) is 10.1 Å². The number of anilines is 1. The van der Waals surface area contributed by atoms with Crippen LogP contribution in [0.4, 0.5) is 5.69 Å². The predicted octanol–water partition coefficient (Wildman–Crippen LogP) is 3.10. The number of benzene rings is 2. The zero-order valence-corrected chi connectivity index (χ0v) is 15.7. The molecule has 0 spiro atoms. The van der Waals surface area contributed by atoms with Crippen LogP contribution in [0.15, 0.2) is 59.2 Å².